The van der Waals surface area contributed by atoms with Crippen LogP contribution in [0.3, 0.4) is 0 Å². The molecular weight excluding hydrogens is 336 g/mol. The Hall–Kier alpha value is -2.18. The van der Waals surface area contributed by atoms with Crippen LogP contribution in [-0.4, -0.2) is 19.9 Å². The molecule has 0 radical (unpaired) electrons. The van der Waals surface area contributed by atoms with Gasteiger partial charge in [-0.2, -0.15) is 0 Å². The lowest BCUT2D eigenvalue weighted by molar-refractivity contribution is 0.0950. The molecule has 0 aromatic heterocycles. The van der Waals surface area contributed by atoms with Gasteiger partial charge in [-0.05, 0) is 63.1 Å². The minimum Gasteiger partial charge on any atom is -0.348 e. The van der Waals surface area contributed by atoms with Crippen molar-refractivity contribution in [2.75, 3.05) is 0 Å². The highest BCUT2D eigenvalue weighted by Crippen LogP contribution is 2.14. The molecule has 2 aromatic carbocycles. The Morgan fingerprint density at radius 1 is 1.00 bits per heavy atom. The largest absolute Gasteiger partial charge is 0.348 e. The van der Waals surface area contributed by atoms with E-state index in [1.165, 1.54) is 24.3 Å². The number of hydrogen-bond donors (Lipinski definition) is 2. The summed E-state index contributed by atoms with van der Waals surface area (Å²) in [6, 6.07) is 13.7. The van der Waals surface area contributed by atoms with Crippen molar-refractivity contribution in [2.45, 2.75) is 44.7 Å². The molecule has 0 heterocycles. The van der Waals surface area contributed by atoms with Gasteiger partial charge >= 0.3 is 0 Å². The quantitative estimate of drug-likeness (QED) is 0.861. The van der Waals surface area contributed by atoms with E-state index in [9.17, 15) is 13.2 Å². The predicted molar refractivity (Wildman–Crippen MR) is 98.9 cm³/mol. The topological polar surface area (TPSA) is 75.3 Å². The maximum absolute atomic E-state index is 12.3. The van der Waals surface area contributed by atoms with Crippen LogP contribution < -0.4 is 10.0 Å². The molecule has 0 saturated carbocycles. The molecule has 2 aromatic rings. The van der Waals surface area contributed by atoms with Crippen LogP contribution in [-0.2, 0) is 16.6 Å². The number of carbonyl (C=O) groups is 1. The monoisotopic (exact) mass is 360 g/mol. The zero-order valence-corrected chi connectivity index (χ0v) is 15.8. The summed E-state index contributed by atoms with van der Waals surface area (Å²) in [6.07, 6.45) is 0. The number of aryl methyl sites for hydroxylation is 1. The van der Waals surface area contributed by atoms with Crippen molar-refractivity contribution in [3.05, 3.63) is 65.2 Å². The van der Waals surface area contributed by atoms with Crippen LogP contribution in [0.5, 0.6) is 0 Å². The van der Waals surface area contributed by atoms with Crippen molar-refractivity contribution in [1.29, 1.82) is 0 Å². The van der Waals surface area contributed by atoms with Crippen LogP contribution in [0.4, 0.5) is 0 Å². The molecule has 0 aliphatic rings. The lowest BCUT2D eigenvalue weighted by Gasteiger charge is -2.20. The first-order valence-corrected chi connectivity index (χ1v) is 9.53. The molecule has 6 heteroatoms. The summed E-state index contributed by atoms with van der Waals surface area (Å²) in [4.78, 5) is 12.4. The van der Waals surface area contributed by atoms with E-state index in [2.05, 4.69) is 10.0 Å². The van der Waals surface area contributed by atoms with Gasteiger partial charge in [0.05, 0.1) is 4.90 Å². The van der Waals surface area contributed by atoms with Crippen molar-refractivity contribution >= 4 is 15.9 Å². The van der Waals surface area contributed by atoms with E-state index in [-0.39, 0.29) is 10.8 Å². The van der Waals surface area contributed by atoms with Crippen molar-refractivity contribution in [2.24, 2.45) is 0 Å². The molecule has 2 N–H and O–H groups in total. The van der Waals surface area contributed by atoms with Crippen molar-refractivity contribution in [3.8, 4) is 0 Å². The van der Waals surface area contributed by atoms with Gasteiger partial charge in [-0.1, -0.05) is 24.3 Å². The molecule has 0 aliphatic heterocycles. The second kappa shape index (κ2) is 7.37. The van der Waals surface area contributed by atoms with Gasteiger partial charge in [0, 0.05) is 17.6 Å². The first-order chi connectivity index (χ1) is 11.6. The molecule has 134 valence electrons. The standard InChI is InChI=1S/C19H24N2O3S/c1-14-7-5-6-8-16(14)13-20-18(22)15-9-11-17(12-10-15)25(23,24)21-19(2,3)4/h5-12,21H,13H2,1-4H3,(H,20,22). The third-order valence-corrected chi connectivity index (χ3v) is 5.34. The summed E-state index contributed by atoms with van der Waals surface area (Å²) in [6.45, 7) is 7.74. The number of carbonyl (C=O) groups excluding carboxylic acids is 1. The molecular formula is C19H24N2O3S. The minimum absolute atomic E-state index is 0.137. The average Bonchev–Trinajstić information content (AvgIpc) is 2.52. The van der Waals surface area contributed by atoms with E-state index in [1.54, 1.807) is 20.8 Å². The molecule has 5 nitrogen and oxygen atoms in total. The third kappa shape index (κ3) is 5.41. The fourth-order valence-electron chi connectivity index (χ4n) is 2.33. The molecule has 0 aliphatic carbocycles. The first kappa shape index (κ1) is 19.1. The van der Waals surface area contributed by atoms with Gasteiger partial charge in [0.1, 0.15) is 0 Å². The van der Waals surface area contributed by atoms with Crippen LogP contribution in [0.1, 0.15) is 42.3 Å². The van der Waals surface area contributed by atoms with Gasteiger partial charge in [0.25, 0.3) is 5.91 Å². The van der Waals surface area contributed by atoms with Crippen LogP contribution in [0.15, 0.2) is 53.4 Å². The summed E-state index contributed by atoms with van der Waals surface area (Å²) in [5.41, 5.74) is 2.01. The van der Waals surface area contributed by atoms with Crippen LogP contribution in [0.25, 0.3) is 0 Å². The van der Waals surface area contributed by atoms with Gasteiger partial charge in [-0.3, -0.25) is 4.79 Å². The molecule has 0 atom stereocenters. The third-order valence-electron chi connectivity index (χ3n) is 3.57. The number of benzene rings is 2. The van der Waals surface area contributed by atoms with Gasteiger partial charge in [-0.15, -0.1) is 0 Å². The molecule has 2 rings (SSSR count). The Bertz CT molecular complexity index is 851. The zero-order valence-electron chi connectivity index (χ0n) is 15.0. The second-order valence-electron chi connectivity index (χ2n) is 6.99. The molecule has 0 bridgehead atoms. The van der Waals surface area contributed by atoms with Gasteiger partial charge in [0.2, 0.25) is 10.0 Å². The molecule has 1 amide bonds. The van der Waals surface area contributed by atoms with Crippen LogP contribution >= 0.6 is 0 Å². The van der Waals surface area contributed by atoms with Crippen molar-refractivity contribution < 1.29 is 13.2 Å². The predicted octanol–water partition coefficient (Wildman–Crippen LogP) is 3.00. The van der Waals surface area contributed by atoms with Gasteiger partial charge in [0.15, 0.2) is 0 Å². The Morgan fingerprint density at radius 3 is 2.16 bits per heavy atom. The van der Waals surface area contributed by atoms with Crippen molar-refractivity contribution in [3.63, 3.8) is 0 Å². The Balaban J connectivity index is 2.07. The van der Waals surface area contributed by atoms with E-state index >= 15 is 0 Å². The average molecular weight is 360 g/mol. The van der Waals surface area contributed by atoms with Gasteiger partial charge < -0.3 is 5.32 Å². The van der Waals surface area contributed by atoms with E-state index in [0.717, 1.165) is 11.1 Å². The normalized spacial score (nSPS) is 12.0. The summed E-state index contributed by atoms with van der Waals surface area (Å²) in [7, 11) is -3.60. The summed E-state index contributed by atoms with van der Waals surface area (Å²) in [5, 5.41) is 2.85. The maximum atomic E-state index is 12.3. The molecule has 0 unspecified atom stereocenters. The lowest BCUT2D eigenvalue weighted by Crippen LogP contribution is -2.40. The SMILES string of the molecule is Cc1ccccc1CNC(=O)c1ccc(S(=O)(=O)NC(C)(C)C)cc1. The fraction of sp³-hybridized carbons (Fsp3) is 0.316. The molecule has 0 fully saturated rings. The number of hydrogen-bond acceptors (Lipinski definition) is 3. The fourth-order valence-corrected chi connectivity index (χ4v) is 3.75. The first-order valence-electron chi connectivity index (χ1n) is 8.05. The smallest absolute Gasteiger partial charge is 0.251 e. The second-order valence-corrected chi connectivity index (χ2v) is 8.67. The number of rotatable bonds is 5. The zero-order chi connectivity index (χ0) is 18.7. The highest BCUT2D eigenvalue weighted by atomic mass is 32.2. The van der Waals surface area contributed by atoms with Crippen LogP contribution in [0, 0.1) is 6.92 Å². The highest BCUT2D eigenvalue weighted by Gasteiger charge is 2.22. The van der Waals surface area contributed by atoms with Crippen molar-refractivity contribution in [1.82, 2.24) is 10.0 Å². The number of sulfonamides is 1. The van der Waals surface area contributed by atoms with Crippen LogP contribution in [0.2, 0.25) is 0 Å². The van der Waals surface area contributed by atoms with E-state index < -0.39 is 15.6 Å². The number of nitrogens with one attached hydrogen (secondary N) is 2. The summed E-state index contributed by atoms with van der Waals surface area (Å²) in [5.74, 6) is -0.240. The van der Waals surface area contributed by atoms with Gasteiger partial charge in [-0.25, -0.2) is 13.1 Å². The summed E-state index contributed by atoms with van der Waals surface area (Å²) >= 11 is 0. The van der Waals surface area contributed by atoms with E-state index in [1.807, 2.05) is 31.2 Å². The Morgan fingerprint density at radius 2 is 1.60 bits per heavy atom. The van der Waals surface area contributed by atoms with E-state index in [0.29, 0.717) is 12.1 Å². The lowest BCUT2D eigenvalue weighted by atomic mass is 10.1. The Kier molecular flexibility index (Phi) is 5.65. The maximum Gasteiger partial charge on any atom is 0.251 e. The molecule has 0 saturated heterocycles. The Labute approximate surface area is 149 Å². The number of amides is 1. The van der Waals surface area contributed by atoms with E-state index in [4.69, 9.17) is 0 Å². The minimum atomic E-state index is -3.60. The highest BCUT2D eigenvalue weighted by molar-refractivity contribution is 7.89. The molecule has 0 spiro atoms. The molecule has 25 heavy (non-hydrogen) atoms. The summed E-state index contributed by atoms with van der Waals surface area (Å²) < 4.78 is 27.1.